The monoisotopic (exact) mass is 475 g/mol. The second-order valence-electron chi connectivity index (χ2n) is 9.42. The van der Waals surface area contributed by atoms with Crippen molar-refractivity contribution in [3.63, 3.8) is 0 Å². The Bertz CT molecular complexity index is 1250. The summed E-state index contributed by atoms with van der Waals surface area (Å²) in [5.41, 5.74) is 5.33. The molecule has 1 fully saturated rings. The van der Waals surface area contributed by atoms with Crippen molar-refractivity contribution in [2.45, 2.75) is 20.0 Å². The van der Waals surface area contributed by atoms with E-state index in [1.807, 2.05) is 56.3 Å². The fourth-order valence-corrected chi connectivity index (χ4v) is 4.85. The summed E-state index contributed by atoms with van der Waals surface area (Å²) in [5.74, 6) is 2.07. The first-order valence-corrected chi connectivity index (χ1v) is 11.9. The van der Waals surface area contributed by atoms with Crippen LogP contribution in [0.3, 0.4) is 0 Å². The first-order chi connectivity index (χ1) is 16.9. The lowest BCUT2D eigenvalue weighted by Gasteiger charge is -2.37. The average molecular weight is 476 g/mol. The third-order valence-electron chi connectivity index (χ3n) is 6.88. The van der Waals surface area contributed by atoms with Gasteiger partial charge in [0, 0.05) is 36.7 Å². The molecule has 5 rings (SSSR count). The third-order valence-corrected chi connectivity index (χ3v) is 6.88. The predicted molar refractivity (Wildman–Crippen MR) is 135 cm³/mol. The molecule has 35 heavy (non-hydrogen) atoms. The van der Waals surface area contributed by atoms with Crippen LogP contribution in [0.2, 0.25) is 0 Å². The highest BCUT2D eigenvalue weighted by atomic mass is 19.1. The largest absolute Gasteiger partial charge is 0.508 e. The summed E-state index contributed by atoms with van der Waals surface area (Å²) in [6.07, 6.45) is -0.388. The summed E-state index contributed by atoms with van der Waals surface area (Å²) in [4.78, 5) is 2.20. The zero-order valence-electron chi connectivity index (χ0n) is 20.0. The zero-order valence-corrected chi connectivity index (χ0v) is 20.0. The number of allylic oxidation sites excluding steroid dienone is 1. The van der Waals surface area contributed by atoms with Gasteiger partial charge in [0.1, 0.15) is 35.7 Å². The Kier molecular flexibility index (Phi) is 6.39. The van der Waals surface area contributed by atoms with E-state index in [9.17, 15) is 14.6 Å². The highest BCUT2D eigenvalue weighted by Crippen LogP contribution is 2.48. The number of phenols is 2. The number of halogens is 1. The molecule has 5 nitrogen and oxygen atoms in total. The highest BCUT2D eigenvalue weighted by Gasteiger charge is 2.30. The SMILES string of the molecule is CC1=C(c2cccc(O)c2)[C@@H](c2ccc(OCCN3CC(CF)C3)cc2)Oc2cc(C)c(O)cc21. The molecule has 0 unspecified atom stereocenters. The van der Waals surface area contributed by atoms with Gasteiger partial charge in [0.2, 0.25) is 0 Å². The number of nitrogens with zero attached hydrogens (tertiary/aromatic N) is 1. The molecule has 3 aromatic rings. The van der Waals surface area contributed by atoms with Gasteiger partial charge >= 0.3 is 0 Å². The molecule has 2 aliphatic heterocycles. The van der Waals surface area contributed by atoms with Crippen LogP contribution < -0.4 is 9.47 Å². The first-order valence-electron chi connectivity index (χ1n) is 11.9. The van der Waals surface area contributed by atoms with E-state index in [1.165, 1.54) is 0 Å². The lowest BCUT2D eigenvalue weighted by Crippen LogP contribution is -2.49. The minimum Gasteiger partial charge on any atom is -0.508 e. The third kappa shape index (κ3) is 4.71. The van der Waals surface area contributed by atoms with Crippen molar-refractivity contribution in [1.82, 2.24) is 4.90 Å². The number of benzene rings is 3. The highest BCUT2D eigenvalue weighted by molar-refractivity contribution is 5.96. The maximum absolute atomic E-state index is 12.6. The Morgan fingerprint density at radius 3 is 2.51 bits per heavy atom. The van der Waals surface area contributed by atoms with Crippen molar-refractivity contribution in [2.75, 3.05) is 32.9 Å². The Balaban J connectivity index is 1.40. The minimum absolute atomic E-state index is 0.180. The number of aromatic hydroxyl groups is 2. The fraction of sp³-hybridized carbons (Fsp3) is 0.310. The zero-order chi connectivity index (χ0) is 24.5. The quantitative estimate of drug-likeness (QED) is 0.456. The van der Waals surface area contributed by atoms with Crippen LogP contribution in [0, 0.1) is 12.8 Å². The molecule has 2 N–H and O–H groups in total. The number of alkyl halides is 1. The molecule has 2 heterocycles. The van der Waals surface area contributed by atoms with Crippen LogP contribution in [0.4, 0.5) is 4.39 Å². The molecule has 1 saturated heterocycles. The molecule has 0 spiro atoms. The molecule has 1 atom stereocenters. The molecule has 0 bridgehead atoms. The van der Waals surface area contributed by atoms with E-state index in [2.05, 4.69) is 4.90 Å². The van der Waals surface area contributed by atoms with E-state index in [0.29, 0.717) is 12.4 Å². The number of aryl methyl sites for hydroxylation is 1. The number of hydrogen-bond donors (Lipinski definition) is 2. The van der Waals surface area contributed by atoms with Gasteiger partial charge in [-0.05, 0) is 72.5 Å². The number of ether oxygens (including phenoxy) is 2. The van der Waals surface area contributed by atoms with Crippen LogP contribution in [-0.2, 0) is 0 Å². The second kappa shape index (κ2) is 9.62. The summed E-state index contributed by atoms with van der Waals surface area (Å²) >= 11 is 0. The van der Waals surface area contributed by atoms with Gasteiger partial charge in [-0.15, -0.1) is 0 Å². The molecule has 0 radical (unpaired) electrons. The molecular weight excluding hydrogens is 445 g/mol. The lowest BCUT2D eigenvalue weighted by atomic mass is 9.85. The topological polar surface area (TPSA) is 62.2 Å². The van der Waals surface area contributed by atoms with Crippen LogP contribution in [0.5, 0.6) is 23.0 Å². The van der Waals surface area contributed by atoms with Gasteiger partial charge < -0.3 is 19.7 Å². The van der Waals surface area contributed by atoms with Gasteiger partial charge in [-0.3, -0.25) is 9.29 Å². The normalized spacial score (nSPS) is 18.1. The second-order valence-corrected chi connectivity index (χ2v) is 9.42. The van der Waals surface area contributed by atoms with Crippen LogP contribution in [0.1, 0.15) is 35.3 Å². The molecule has 0 aliphatic carbocycles. The Hall–Kier alpha value is -3.51. The summed E-state index contributed by atoms with van der Waals surface area (Å²) < 4.78 is 25.0. The van der Waals surface area contributed by atoms with Crippen LogP contribution >= 0.6 is 0 Å². The van der Waals surface area contributed by atoms with Gasteiger partial charge in [-0.2, -0.15) is 0 Å². The summed E-state index contributed by atoms with van der Waals surface area (Å²) in [6.45, 7) is 6.58. The van der Waals surface area contributed by atoms with Gasteiger partial charge in [0.05, 0.1) is 6.67 Å². The number of rotatable bonds is 7. The number of fused-ring (bicyclic) bond motifs is 1. The van der Waals surface area contributed by atoms with Gasteiger partial charge in [-0.1, -0.05) is 24.3 Å². The number of phenolic OH excluding ortho intramolecular Hbond substituents is 2. The standard InChI is InChI=1S/C29H30FNO4/c1-18-12-27-25(14-26(18)33)19(2)28(22-4-3-5-23(32)13-22)29(35-27)21-6-8-24(9-7-21)34-11-10-31-16-20(15-30)17-31/h3-9,12-14,20,29,32-33H,10-11,15-17H2,1-2H3/t29-/m1/s1. The van der Waals surface area contributed by atoms with E-state index in [-0.39, 0.29) is 30.2 Å². The Labute approximate surface area is 205 Å². The van der Waals surface area contributed by atoms with Crippen molar-refractivity contribution in [3.05, 3.63) is 82.9 Å². The first kappa shape index (κ1) is 23.2. The Morgan fingerprint density at radius 1 is 1.03 bits per heavy atom. The smallest absolute Gasteiger partial charge is 0.150 e. The predicted octanol–water partition coefficient (Wildman–Crippen LogP) is 5.75. The molecule has 6 heteroatoms. The number of likely N-dealkylation sites (tertiary alicyclic amines) is 1. The van der Waals surface area contributed by atoms with Gasteiger partial charge in [0.15, 0.2) is 0 Å². The van der Waals surface area contributed by atoms with Crippen LogP contribution in [0.15, 0.2) is 60.7 Å². The molecule has 3 aromatic carbocycles. The van der Waals surface area contributed by atoms with E-state index in [4.69, 9.17) is 9.47 Å². The summed E-state index contributed by atoms with van der Waals surface area (Å²) in [5, 5.41) is 20.4. The molecule has 0 saturated carbocycles. The minimum atomic E-state index is -0.388. The van der Waals surface area contributed by atoms with E-state index in [1.54, 1.807) is 18.2 Å². The van der Waals surface area contributed by atoms with E-state index < -0.39 is 0 Å². The summed E-state index contributed by atoms with van der Waals surface area (Å²) in [6, 6.07) is 18.6. The fourth-order valence-electron chi connectivity index (χ4n) is 4.85. The van der Waals surface area contributed by atoms with Crippen molar-refractivity contribution in [1.29, 1.82) is 0 Å². The molecular formula is C29H30FNO4. The van der Waals surface area contributed by atoms with Crippen molar-refractivity contribution in [2.24, 2.45) is 5.92 Å². The van der Waals surface area contributed by atoms with E-state index in [0.717, 1.165) is 58.8 Å². The average Bonchev–Trinajstić information content (AvgIpc) is 2.82. The van der Waals surface area contributed by atoms with Crippen molar-refractivity contribution in [3.8, 4) is 23.0 Å². The lowest BCUT2D eigenvalue weighted by molar-refractivity contribution is 0.0668. The summed E-state index contributed by atoms with van der Waals surface area (Å²) in [7, 11) is 0. The van der Waals surface area contributed by atoms with Crippen LogP contribution in [-0.4, -0.2) is 48.0 Å². The van der Waals surface area contributed by atoms with Crippen molar-refractivity contribution < 1.29 is 24.1 Å². The molecule has 0 aromatic heterocycles. The Morgan fingerprint density at radius 2 is 1.80 bits per heavy atom. The number of hydrogen-bond acceptors (Lipinski definition) is 5. The van der Waals surface area contributed by atoms with Gasteiger partial charge in [0.25, 0.3) is 0 Å². The maximum Gasteiger partial charge on any atom is 0.150 e. The van der Waals surface area contributed by atoms with Crippen molar-refractivity contribution >= 4 is 11.1 Å². The van der Waals surface area contributed by atoms with Crippen LogP contribution in [0.25, 0.3) is 11.1 Å². The molecule has 2 aliphatic rings. The molecule has 182 valence electrons. The van der Waals surface area contributed by atoms with E-state index >= 15 is 0 Å². The maximum atomic E-state index is 12.6. The van der Waals surface area contributed by atoms with Gasteiger partial charge in [-0.25, -0.2) is 0 Å². The molecule has 0 amide bonds.